The van der Waals surface area contributed by atoms with Crippen molar-refractivity contribution in [2.45, 2.75) is 20.0 Å². The quantitative estimate of drug-likeness (QED) is 0.535. The Morgan fingerprint density at radius 3 is 2.40 bits per heavy atom. The molecule has 0 fully saturated rings. The Balaban J connectivity index is 0. The van der Waals surface area contributed by atoms with E-state index in [0.29, 0.717) is 18.8 Å². The first kappa shape index (κ1) is 15.9. The molecule has 0 heterocycles. The molecule has 84 valence electrons. The van der Waals surface area contributed by atoms with Crippen LogP contribution in [0.5, 0.6) is 0 Å². The molecule has 0 unspecified atom stereocenters. The molecule has 0 amide bonds. The molecule has 0 saturated heterocycles. The fourth-order valence-electron chi connectivity index (χ4n) is 0.539. The van der Waals surface area contributed by atoms with Crippen LogP contribution in [0.25, 0.3) is 0 Å². The zero-order valence-corrected chi connectivity index (χ0v) is 8.99. The topological polar surface area (TPSA) is 66.8 Å². The van der Waals surface area contributed by atoms with Crippen LogP contribution in [0.4, 0.5) is 0 Å². The van der Waals surface area contributed by atoms with Crippen molar-refractivity contribution in [2.75, 3.05) is 13.2 Å². The Morgan fingerprint density at radius 2 is 2.13 bits per heavy atom. The molecule has 0 spiro atoms. The summed E-state index contributed by atoms with van der Waals surface area (Å²) in [6.45, 7) is 7.22. The van der Waals surface area contributed by atoms with Gasteiger partial charge in [-0.2, -0.15) is 0 Å². The number of aliphatic hydroxyl groups is 1. The van der Waals surface area contributed by atoms with Gasteiger partial charge in [0.25, 0.3) is 5.97 Å². The normalized spacial score (nSPS) is 10.0. The largest absolute Gasteiger partial charge is 0.481 e. The number of terminal acetylenes is 1. The van der Waals surface area contributed by atoms with Crippen LogP contribution in [0.2, 0.25) is 0 Å². The van der Waals surface area contributed by atoms with Gasteiger partial charge >= 0.3 is 0 Å². The van der Waals surface area contributed by atoms with Gasteiger partial charge in [-0.3, -0.25) is 4.79 Å². The van der Waals surface area contributed by atoms with Crippen LogP contribution in [0, 0.1) is 12.3 Å². The molecule has 4 heteroatoms. The molecule has 0 aliphatic rings. The Labute approximate surface area is 89.9 Å². The Morgan fingerprint density at radius 1 is 1.67 bits per heavy atom. The van der Waals surface area contributed by atoms with Crippen molar-refractivity contribution in [3.8, 4) is 12.3 Å². The summed E-state index contributed by atoms with van der Waals surface area (Å²) in [5.74, 6) is 1.33. The van der Waals surface area contributed by atoms with Crippen LogP contribution < -0.4 is 0 Å². The lowest BCUT2D eigenvalue weighted by molar-refractivity contribution is -0.134. The number of ether oxygens (including phenoxy) is 1. The summed E-state index contributed by atoms with van der Waals surface area (Å²) in [5.41, 5.74) is 3.05. The first-order valence-electron chi connectivity index (χ1n) is 4.29. The highest BCUT2D eigenvalue weighted by molar-refractivity contribution is 5.62. The van der Waals surface area contributed by atoms with Gasteiger partial charge in [-0.1, -0.05) is 12.5 Å². The van der Waals surface area contributed by atoms with Crippen molar-refractivity contribution in [2.24, 2.45) is 0 Å². The third-order valence-electron chi connectivity index (χ3n) is 1.18. The van der Waals surface area contributed by atoms with Crippen molar-refractivity contribution in [3.05, 3.63) is 17.9 Å². The van der Waals surface area contributed by atoms with E-state index in [4.69, 9.17) is 26.2 Å². The lowest BCUT2D eigenvalue weighted by Gasteiger charge is -2.05. The van der Waals surface area contributed by atoms with Crippen molar-refractivity contribution < 1.29 is 19.7 Å². The highest BCUT2D eigenvalue weighted by atomic mass is 16.5. The average molecular weight is 212 g/mol. The summed E-state index contributed by atoms with van der Waals surface area (Å²) in [4.78, 5) is 9.00. The van der Waals surface area contributed by atoms with E-state index >= 15 is 0 Å². The SMILES string of the molecule is C#C[C@@H](O)C(=C=C)COCC.CC(=O)O. The van der Waals surface area contributed by atoms with Gasteiger partial charge in [-0.05, 0) is 6.92 Å². The third-order valence-corrected chi connectivity index (χ3v) is 1.18. The number of aliphatic hydroxyl groups excluding tert-OH is 1. The van der Waals surface area contributed by atoms with Crippen LogP contribution >= 0.6 is 0 Å². The predicted octanol–water partition coefficient (Wildman–Crippen LogP) is 0.819. The van der Waals surface area contributed by atoms with Crippen LogP contribution in [-0.4, -0.2) is 35.5 Å². The van der Waals surface area contributed by atoms with E-state index in [2.05, 4.69) is 18.2 Å². The van der Waals surface area contributed by atoms with Gasteiger partial charge < -0.3 is 14.9 Å². The Hall–Kier alpha value is -1.53. The Bertz CT molecular complexity index is 265. The highest BCUT2D eigenvalue weighted by Crippen LogP contribution is 1.99. The van der Waals surface area contributed by atoms with Crippen LogP contribution in [0.1, 0.15) is 13.8 Å². The van der Waals surface area contributed by atoms with Crippen molar-refractivity contribution in [3.63, 3.8) is 0 Å². The number of rotatable bonds is 4. The average Bonchev–Trinajstić information content (AvgIpc) is 2.17. The molecule has 2 N–H and O–H groups in total. The van der Waals surface area contributed by atoms with Crippen molar-refractivity contribution in [1.82, 2.24) is 0 Å². The standard InChI is InChI=1S/C9H12O2.C2H4O2/c1-4-8(7-11-6-3)9(10)5-2;1-2(3)4/h2,9-10H,1,6-7H2,3H3;1H3,(H,3,4)/t9-;/m1./s1. The van der Waals surface area contributed by atoms with Gasteiger partial charge in [0.1, 0.15) is 6.10 Å². The number of carbonyl (C=O) groups is 1. The van der Waals surface area contributed by atoms with Gasteiger partial charge in [0.15, 0.2) is 0 Å². The predicted molar refractivity (Wildman–Crippen MR) is 57.3 cm³/mol. The van der Waals surface area contributed by atoms with E-state index in [9.17, 15) is 0 Å². The zero-order valence-electron chi connectivity index (χ0n) is 8.99. The molecule has 15 heavy (non-hydrogen) atoms. The maximum absolute atomic E-state index is 9.09. The van der Waals surface area contributed by atoms with Crippen LogP contribution in [-0.2, 0) is 9.53 Å². The maximum atomic E-state index is 9.09. The second-order valence-corrected chi connectivity index (χ2v) is 2.43. The number of aliphatic carboxylic acids is 1. The molecule has 0 aromatic rings. The van der Waals surface area contributed by atoms with Gasteiger partial charge in [-0.25, -0.2) is 0 Å². The first-order chi connectivity index (χ1) is 6.99. The maximum Gasteiger partial charge on any atom is 0.300 e. The van der Waals surface area contributed by atoms with E-state index in [-0.39, 0.29) is 0 Å². The summed E-state index contributed by atoms with van der Waals surface area (Å²) < 4.78 is 5.01. The molecule has 0 radical (unpaired) electrons. The minimum absolute atomic E-state index is 0.297. The smallest absolute Gasteiger partial charge is 0.300 e. The number of hydrogen-bond donors (Lipinski definition) is 2. The second kappa shape index (κ2) is 10.6. The molecular weight excluding hydrogens is 196 g/mol. The van der Waals surface area contributed by atoms with Crippen LogP contribution in [0.3, 0.4) is 0 Å². The summed E-state index contributed by atoms with van der Waals surface area (Å²) in [6.07, 6.45) is 4.06. The molecular formula is C11H16O4. The van der Waals surface area contributed by atoms with Gasteiger partial charge in [0, 0.05) is 19.1 Å². The van der Waals surface area contributed by atoms with Crippen LogP contribution in [0.15, 0.2) is 17.9 Å². The summed E-state index contributed by atoms with van der Waals surface area (Å²) >= 11 is 0. The van der Waals surface area contributed by atoms with Gasteiger partial charge in [0.05, 0.1) is 6.61 Å². The zero-order chi connectivity index (χ0) is 12.3. The second-order valence-electron chi connectivity index (χ2n) is 2.43. The summed E-state index contributed by atoms with van der Waals surface area (Å²) in [5, 5.41) is 16.5. The third kappa shape index (κ3) is 12.5. The van der Waals surface area contributed by atoms with E-state index < -0.39 is 12.1 Å². The Kier molecular flexibility index (Phi) is 11.2. The molecule has 0 saturated carbocycles. The fraction of sp³-hybridized carbons (Fsp3) is 0.455. The lowest BCUT2D eigenvalue weighted by Crippen LogP contribution is -2.11. The highest BCUT2D eigenvalue weighted by Gasteiger charge is 2.05. The first-order valence-corrected chi connectivity index (χ1v) is 4.29. The summed E-state index contributed by atoms with van der Waals surface area (Å²) in [6, 6.07) is 0. The number of carboxylic acid groups (broad SMARTS) is 1. The molecule has 4 nitrogen and oxygen atoms in total. The molecule has 0 aromatic carbocycles. The van der Waals surface area contributed by atoms with Crippen molar-refractivity contribution in [1.29, 1.82) is 0 Å². The minimum Gasteiger partial charge on any atom is -0.481 e. The van der Waals surface area contributed by atoms with E-state index in [1.54, 1.807) is 0 Å². The fourth-order valence-corrected chi connectivity index (χ4v) is 0.539. The monoisotopic (exact) mass is 212 g/mol. The van der Waals surface area contributed by atoms with Crippen molar-refractivity contribution >= 4 is 5.97 Å². The minimum atomic E-state index is -0.918. The molecule has 0 bridgehead atoms. The van der Waals surface area contributed by atoms with E-state index in [1.165, 1.54) is 0 Å². The molecule has 0 aromatic heterocycles. The molecule has 0 aliphatic heterocycles. The number of carboxylic acids is 1. The lowest BCUT2D eigenvalue weighted by atomic mass is 10.2. The van der Waals surface area contributed by atoms with Gasteiger partial charge in [0.2, 0.25) is 0 Å². The molecule has 0 aliphatic carbocycles. The summed E-state index contributed by atoms with van der Waals surface area (Å²) in [7, 11) is 0. The van der Waals surface area contributed by atoms with E-state index in [0.717, 1.165) is 6.92 Å². The number of hydrogen-bond acceptors (Lipinski definition) is 3. The van der Waals surface area contributed by atoms with E-state index in [1.807, 2.05) is 6.92 Å². The molecule has 1 atom stereocenters. The van der Waals surface area contributed by atoms with Gasteiger partial charge in [-0.15, -0.1) is 12.2 Å². The molecule has 0 rings (SSSR count).